The molecule has 24 heavy (non-hydrogen) atoms. The number of carbonyl (C=O) groups is 1. The third-order valence-corrected chi connectivity index (χ3v) is 3.42. The van der Waals surface area contributed by atoms with Crippen LogP contribution in [0.5, 0.6) is 11.5 Å². The smallest absolute Gasteiger partial charge is 0.341 e. The quantitative estimate of drug-likeness (QED) is 0.873. The van der Waals surface area contributed by atoms with Gasteiger partial charge in [0, 0.05) is 12.1 Å². The molecule has 1 heterocycles. The minimum atomic E-state index is -1.28. The minimum absolute atomic E-state index is 0.150. The number of rotatable bonds is 6. The lowest BCUT2D eigenvalue weighted by Gasteiger charge is -2.13. The Hall–Kier alpha value is -2.83. The predicted molar refractivity (Wildman–Crippen MR) is 88.8 cm³/mol. The molecule has 128 valence electrons. The Labute approximate surface area is 139 Å². The van der Waals surface area contributed by atoms with Crippen molar-refractivity contribution in [2.75, 3.05) is 14.2 Å². The number of methoxy groups -OCH3 is 2. The first-order chi connectivity index (χ1) is 11.4. The second-order valence-electron chi connectivity index (χ2n) is 5.70. The molecule has 0 unspecified atom stereocenters. The van der Waals surface area contributed by atoms with E-state index in [2.05, 4.69) is 5.10 Å². The molecule has 0 aliphatic heterocycles. The maximum Gasteiger partial charge on any atom is 0.341 e. The van der Waals surface area contributed by atoms with E-state index < -0.39 is 11.5 Å². The van der Waals surface area contributed by atoms with Crippen LogP contribution in [0.4, 0.5) is 0 Å². The molecule has 0 bridgehead atoms. The zero-order chi connectivity index (χ0) is 17.9. The molecule has 7 heteroatoms. The van der Waals surface area contributed by atoms with Crippen LogP contribution in [-0.4, -0.2) is 35.1 Å². The lowest BCUT2D eigenvalue weighted by atomic mass is 10.1. The van der Waals surface area contributed by atoms with Crippen molar-refractivity contribution < 1.29 is 19.4 Å². The second kappa shape index (κ2) is 7.16. The van der Waals surface area contributed by atoms with Crippen molar-refractivity contribution in [2.45, 2.75) is 20.4 Å². The Balaban J connectivity index is 2.63. The van der Waals surface area contributed by atoms with Gasteiger partial charge in [0.05, 0.1) is 19.9 Å². The van der Waals surface area contributed by atoms with E-state index in [1.165, 1.54) is 25.0 Å². The molecule has 0 aliphatic rings. The molecule has 7 nitrogen and oxygen atoms in total. The van der Waals surface area contributed by atoms with Crippen molar-refractivity contribution in [1.82, 2.24) is 9.78 Å². The van der Waals surface area contributed by atoms with Crippen LogP contribution in [0.1, 0.15) is 24.2 Å². The van der Waals surface area contributed by atoms with Gasteiger partial charge in [0.2, 0.25) is 0 Å². The van der Waals surface area contributed by atoms with Gasteiger partial charge in [-0.2, -0.15) is 5.10 Å². The molecule has 0 fully saturated rings. The Morgan fingerprint density at radius 2 is 1.88 bits per heavy atom. The summed E-state index contributed by atoms with van der Waals surface area (Å²) in [4.78, 5) is 23.6. The van der Waals surface area contributed by atoms with Crippen molar-refractivity contribution in [1.29, 1.82) is 0 Å². The highest BCUT2D eigenvalue weighted by atomic mass is 16.5. The van der Waals surface area contributed by atoms with Gasteiger partial charge in [0.1, 0.15) is 5.56 Å². The zero-order valence-corrected chi connectivity index (χ0v) is 14.1. The van der Waals surface area contributed by atoms with Gasteiger partial charge >= 0.3 is 5.97 Å². The molecular weight excluding hydrogens is 312 g/mol. The predicted octanol–water partition coefficient (Wildman–Crippen LogP) is 2.28. The molecule has 1 aromatic heterocycles. The summed E-state index contributed by atoms with van der Waals surface area (Å²) >= 11 is 0. The Bertz CT molecular complexity index is 811. The first kappa shape index (κ1) is 17.5. The van der Waals surface area contributed by atoms with E-state index in [-0.39, 0.29) is 11.5 Å². The fourth-order valence-corrected chi connectivity index (χ4v) is 2.30. The number of hydrogen-bond donors (Lipinski definition) is 1. The molecule has 0 amide bonds. The lowest BCUT2D eigenvalue weighted by molar-refractivity contribution is 0.0693. The summed E-state index contributed by atoms with van der Waals surface area (Å²) in [5, 5.41) is 13.6. The van der Waals surface area contributed by atoms with E-state index in [4.69, 9.17) is 9.47 Å². The second-order valence-corrected chi connectivity index (χ2v) is 5.70. The van der Waals surface area contributed by atoms with Gasteiger partial charge in [-0.25, -0.2) is 9.48 Å². The Morgan fingerprint density at radius 1 is 1.21 bits per heavy atom. The molecular formula is C17H20N2O5. The molecule has 0 aliphatic carbocycles. The van der Waals surface area contributed by atoms with Crippen molar-refractivity contribution in [3.8, 4) is 22.8 Å². The number of carboxylic acids is 1. The van der Waals surface area contributed by atoms with Gasteiger partial charge in [-0.05, 0) is 30.2 Å². The van der Waals surface area contributed by atoms with Crippen LogP contribution in [0.25, 0.3) is 11.3 Å². The van der Waals surface area contributed by atoms with Crippen molar-refractivity contribution >= 4 is 5.97 Å². The summed E-state index contributed by atoms with van der Waals surface area (Å²) in [5.41, 5.74) is 0.0946. The highest BCUT2D eigenvalue weighted by molar-refractivity contribution is 5.88. The van der Waals surface area contributed by atoms with E-state index in [9.17, 15) is 14.7 Å². The normalized spacial score (nSPS) is 10.7. The standard InChI is InChI=1S/C17H20N2O5/c1-10(2)9-19-16(20)12(17(21)22)8-13(18-19)11-5-6-14(23-3)15(7-11)24-4/h5-8,10H,9H2,1-4H3,(H,21,22). The first-order valence-electron chi connectivity index (χ1n) is 7.45. The number of aromatic carboxylic acids is 1. The van der Waals surface area contributed by atoms with Gasteiger partial charge in [-0.15, -0.1) is 0 Å². The van der Waals surface area contributed by atoms with Crippen molar-refractivity contribution in [3.63, 3.8) is 0 Å². The largest absolute Gasteiger partial charge is 0.493 e. The van der Waals surface area contributed by atoms with E-state index in [1.54, 1.807) is 18.2 Å². The maximum atomic E-state index is 12.2. The number of aromatic nitrogens is 2. The Morgan fingerprint density at radius 3 is 2.42 bits per heavy atom. The lowest BCUT2D eigenvalue weighted by Crippen LogP contribution is -2.30. The average Bonchev–Trinajstić information content (AvgIpc) is 2.55. The first-order valence-corrected chi connectivity index (χ1v) is 7.45. The number of hydrogen-bond acceptors (Lipinski definition) is 5. The van der Waals surface area contributed by atoms with Gasteiger partial charge < -0.3 is 14.6 Å². The highest BCUT2D eigenvalue weighted by Crippen LogP contribution is 2.31. The number of ether oxygens (including phenoxy) is 2. The van der Waals surface area contributed by atoms with Crippen LogP contribution in [0.15, 0.2) is 29.1 Å². The molecule has 0 radical (unpaired) electrons. The molecule has 2 rings (SSSR count). The minimum Gasteiger partial charge on any atom is -0.493 e. The summed E-state index contributed by atoms with van der Waals surface area (Å²) in [7, 11) is 3.04. The third kappa shape index (κ3) is 3.56. The third-order valence-electron chi connectivity index (χ3n) is 3.42. The van der Waals surface area contributed by atoms with E-state index >= 15 is 0 Å². The molecule has 1 N–H and O–H groups in total. The van der Waals surface area contributed by atoms with Gasteiger partial charge in [-0.1, -0.05) is 13.8 Å². The molecule has 1 aromatic carbocycles. The van der Waals surface area contributed by atoms with Crippen LogP contribution in [-0.2, 0) is 6.54 Å². The van der Waals surface area contributed by atoms with E-state index in [1.807, 2.05) is 13.8 Å². The van der Waals surface area contributed by atoms with Gasteiger partial charge in [-0.3, -0.25) is 4.79 Å². The van der Waals surface area contributed by atoms with Crippen LogP contribution in [0, 0.1) is 5.92 Å². The topological polar surface area (TPSA) is 90.7 Å². The van der Waals surface area contributed by atoms with Crippen LogP contribution < -0.4 is 15.0 Å². The maximum absolute atomic E-state index is 12.2. The van der Waals surface area contributed by atoms with E-state index in [0.717, 1.165) is 0 Å². The fraction of sp³-hybridized carbons (Fsp3) is 0.353. The van der Waals surface area contributed by atoms with Gasteiger partial charge in [0.15, 0.2) is 11.5 Å². The summed E-state index contributed by atoms with van der Waals surface area (Å²) < 4.78 is 11.6. The number of carboxylic acid groups (broad SMARTS) is 1. The van der Waals surface area contributed by atoms with Crippen molar-refractivity contribution in [2.24, 2.45) is 5.92 Å². The Kier molecular flexibility index (Phi) is 5.23. The van der Waals surface area contributed by atoms with Crippen LogP contribution in [0.2, 0.25) is 0 Å². The molecule has 0 spiro atoms. The van der Waals surface area contributed by atoms with Gasteiger partial charge in [0.25, 0.3) is 5.56 Å². The number of nitrogens with zero attached hydrogens (tertiary/aromatic N) is 2. The fourth-order valence-electron chi connectivity index (χ4n) is 2.30. The van der Waals surface area contributed by atoms with Crippen molar-refractivity contribution in [3.05, 3.63) is 40.2 Å². The van der Waals surface area contributed by atoms with E-state index in [0.29, 0.717) is 29.3 Å². The van der Waals surface area contributed by atoms with Crippen LogP contribution in [0.3, 0.4) is 0 Å². The molecule has 0 saturated carbocycles. The van der Waals surface area contributed by atoms with Crippen LogP contribution >= 0.6 is 0 Å². The highest BCUT2D eigenvalue weighted by Gasteiger charge is 2.17. The SMILES string of the molecule is COc1ccc(-c2cc(C(=O)O)c(=O)n(CC(C)C)n2)cc1OC. The summed E-state index contributed by atoms with van der Waals surface area (Å²) in [6, 6.07) is 6.41. The zero-order valence-electron chi connectivity index (χ0n) is 14.1. The average molecular weight is 332 g/mol. The summed E-state index contributed by atoms with van der Waals surface area (Å²) in [6.45, 7) is 4.19. The summed E-state index contributed by atoms with van der Waals surface area (Å²) in [6.07, 6.45) is 0. The monoisotopic (exact) mass is 332 g/mol. The molecule has 0 atom stereocenters. The summed E-state index contributed by atoms with van der Waals surface area (Å²) in [5.74, 6) is -0.0791. The molecule has 2 aromatic rings. The number of benzene rings is 1. The molecule has 0 saturated heterocycles.